The van der Waals surface area contributed by atoms with Gasteiger partial charge in [0.25, 0.3) is 15.0 Å². The lowest BCUT2D eigenvalue weighted by atomic mass is 10.2. The van der Waals surface area contributed by atoms with Gasteiger partial charge in [0.1, 0.15) is 5.75 Å². The molecule has 1 rings (SSSR count). The van der Waals surface area contributed by atoms with Crippen LogP contribution in [-0.4, -0.2) is 20.4 Å². The molecule has 7 heteroatoms. The number of carbonyl (C=O) groups is 1. The lowest BCUT2D eigenvalue weighted by molar-refractivity contribution is 0.0994. The summed E-state index contributed by atoms with van der Waals surface area (Å²) in [6.45, 7) is 3.55. The molecular weight excluding hydrogens is 266 g/mol. The molecular formula is C10H12ClNO4S. The topological polar surface area (TPSA) is 86.5 Å². The molecule has 0 radical (unpaired) electrons. The van der Waals surface area contributed by atoms with E-state index in [0.29, 0.717) is 0 Å². The Bertz CT molecular complexity index is 539. The highest BCUT2D eigenvalue weighted by Gasteiger charge is 2.17. The monoisotopic (exact) mass is 277 g/mol. The maximum absolute atomic E-state index is 11.2. The minimum Gasteiger partial charge on any atom is -0.490 e. The van der Waals surface area contributed by atoms with Crippen LogP contribution in [0.25, 0.3) is 0 Å². The van der Waals surface area contributed by atoms with Crippen LogP contribution in [0.2, 0.25) is 0 Å². The first-order valence-corrected chi connectivity index (χ1v) is 7.08. The van der Waals surface area contributed by atoms with E-state index in [-0.39, 0.29) is 22.3 Å². The molecule has 5 nitrogen and oxygen atoms in total. The van der Waals surface area contributed by atoms with Crippen molar-refractivity contribution in [2.45, 2.75) is 24.8 Å². The molecule has 1 aromatic carbocycles. The lowest BCUT2D eigenvalue weighted by Crippen LogP contribution is -2.16. The summed E-state index contributed by atoms with van der Waals surface area (Å²) in [5, 5.41) is 0. The van der Waals surface area contributed by atoms with Crippen LogP contribution in [-0.2, 0) is 9.05 Å². The quantitative estimate of drug-likeness (QED) is 0.845. The Hall–Kier alpha value is -1.27. The number of hydrogen-bond donors (Lipinski definition) is 1. The zero-order chi connectivity index (χ0) is 13.2. The van der Waals surface area contributed by atoms with Crippen molar-refractivity contribution >= 4 is 25.6 Å². The molecule has 0 bridgehead atoms. The third-order valence-corrected chi connectivity index (χ3v) is 3.21. The summed E-state index contributed by atoms with van der Waals surface area (Å²) >= 11 is 0. The smallest absolute Gasteiger partial charge is 0.261 e. The predicted molar refractivity (Wildman–Crippen MR) is 63.8 cm³/mol. The molecule has 2 N–H and O–H groups in total. The molecule has 0 fully saturated rings. The second-order valence-corrected chi connectivity index (χ2v) is 6.19. The van der Waals surface area contributed by atoms with E-state index < -0.39 is 15.0 Å². The van der Waals surface area contributed by atoms with Gasteiger partial charge in [0.2, 0.25) is 0 Å². The molecule has 0 aliphatic rings. The molecule has 1 amide bonds. The first-order chi connectivity index (χ1) is 7.71. The van der Waals surface area contributed by atoms with Crippen LogP contribution >= 0.6 is 10.7 Å². The summed E-state index contributed by atoms with van der Waals surface area (Å²) in [5.74, 6) is -0.542. The Balaban J connectivity index is 3.32. The molecule has 0 aliphatic heterocycles. The number of primary amides is 1. The van der Waals surface area contributed by atoms with Crippen LogP contribution in [0.3, 0.4) is 0 Å². The van der Waals surface area contributed by atoms with Gasteiger partial charge in [-0.3, -0.25) is 4.79 Å². The van der Waals surface area contributed by atoms with E-state index >= 15 is 0 Å². The van der Waals surface area contributed by atoms with Crippen molar-refractivity contribution in [2.75, 3.05) is 0 Å². The third kappa shape index (κ3) is 3.61. The molecule has 0 atom stereocenters. The summed E-state index contributed by atoms with van der Waals surface area (Å²) in [4.78, 5) is 11.0. The molecule has 0 heterocycles. The van der Waals surface area contributed by atoms with Crippen molar-refractivity contribution in [1.82, 2.24) is 0 Å². The zero-order valence-corrected chi connectivity index (χ0v) is 10.9. The Morgan fingerprint density at radius 2 is 2.00 bits per heavy atom. The van der Waals surface area contributed by atoms with Gasteiger partial charge in [-0.05, 0) is 32.0 Å². The number of rotatable bonds is 4. The molecule has 0 saturated carbocycles. The van der Waals surface area contributed by atoms with Gasteiger partial charge in [0.15, 0.2) is 0 Å². The van der Waals surface area contributed by atoms with E-state index in [2.05, 4.69) is 0 Å². The fraction of sp³-hybridized carbons (Fsp3) is 0.300. The number of nitrogens with two attached hydrogens (primary N) is 1. The largest absolute Gasteiger partial charge is 0.490 e. The standard InChI is InChI=1S/C10H12ClNO4S/c1-6(2)16-9-4-3-7(17(11,14)15)5-8(9)10(12)13/h3-6H,1-2H3,(H2,12,13). The number of carbonyl (C=O) groups excluding carboxylic acids is 1. The molecule has 1 aromatic rings. The highest BCUT2D eigenvalue weighted by molar-refractivity contribution is 8.13. The van der Waals surface area contributed by atoms with Gasteiger partial charge in [-0.15, -0.1) is 0 Å². The van der Waals surface area contributed by atoms with Crippen LogP contribution in [0.1, 0.15) is 24.2 Å². The van der Waals surface area contributed by atoms with Crippen molar-refractivity contribution in [3.8, 4) is 5.75 Å². The average Bonchev–Trinajstić information content (AvgIpc) is 2.15. The fourth-order valence-corrected chi connectivity index (χ4v) is 1.99. The van der Waals surface area contributed by atoms with Crippen LogP contribution in [0, 0.1) is 0 Å². The first-order valence-electron chi connectivity index (χ1n) is 4.77. The van der Waals surface area contributed by atoms with Crippen molar-refractivity contribution in [3.63, 3.8) is 0 Å². The number of benzene rings is 1. The Labute approximate surface area is 104 Å². The summed E-state index contributed by atoms with van der Waals surface area (Å²) in [6, 6.07) is 3.71. The number of ether oxygens (including phenoxy) is 1. The molecule has 0 aromatic heterocycles. The van der Waals surface area contributed by atoms with E-state index in [1.165, 1.54) is 12.1 Å². The van der Waals surface area contributed by atoms with E-state index in [1.807, 2.05) is 0 Å². The molecule has 0 spiro atoms. The maximum Gasteiger partial charge on any atom is 0.261 e. The van der Waals surface area contributed by atoms with Crippen molar-refractivity contribution in [3.05, 3.63) is 23.8 Å². The molecule has 17 heavy (non-hydrogen) atoms. The number of halogens is 1. The summed E-state index contributed by atoms with van der Waals surface area (Å²) < 4.78 is 27.6. The maximum atomic E-state index is 11.2. The summed E-state index contributed by atoms with van der Waals surface area (Å²) in [6.07, 6.45) is -0.161. The van der Waals surface area contributed by atoms with E-state index in [1.54, 1.807) is 13.8 Å². The number of amides is 1. The van der Waals surface area contributed by atoms with Crippen molar-refractivity contribution < 1.29 is 17.9 Å². The molecule has 0 saturated heterocycles. The Kier molecular flexibility index (Phi) is 4.00. The molecule has 0 unspecified atom stereocenters. The van der Waals surface area contributed by atoms with Gasteiger partial charge < -0.3 is 10.5 Å². The minimum atomic E-state index is -3.90. The van der Waals surface area contributed by atoms with Gasteiger partial charge in [-0.2, -0.15) is 0 Å². The first kappa shape index (κ1) is 13.8. The second kappa shape index (κ2) is 4.93. The van der Waals surface area contributed by atoms with Gasteiger partial charge in [-0.25, -0.2) is 8.42 Å². The van der Waals surface area contributed by atoms with Crippen molar-refractivity contribution in [2.24, 2.45) is 5.73 Å². The van der Waals surface area contributed by atoms with Gasteiger partial charge in [0.05, 0.1) is 16.6 Å². The predicted octanol–water partition coefficient (Wildman–Crippen LogP) is 1.50. The van der Waals surface area contributed by atoms with Crippen LogP contribution < -0.4 is 10.5 Å². The van der Waals surface area contributed by atoms with Crippen molar-refractivity contribution in [1.29, 1.82) is 0 Å². The average molecular weight is 278 g/mol. The lowest BCUT2D eigenvalue weighted by Gasteiger charge is -2.13. The molecule has 0 aliphatic carbocycles. The van der Waals surface area contributed by atoms with Crippen LogP contribution in [0.4, 0.5) is 0 Å². The minimum absolute atomic E-state index is 0.0135. The van der Waals surface area contributed by atoms with Crippen LogP contribution in [0.15, 0.2) is 23.1 Å². The third-order valence-electron chi connectivity index (χ3n) is 1.86. The molecule has 94 valence electrons. The van der Waals surface area contributed by atoms with Crippen LogP contribution in [0.5, 0.6) is 5.75 Å². The van der Waals surface area contributed by atoms with E-state index in [0.717, 1.165) is 6.07 Å². The van der Waals surface area contributed by atoms with Gasteiger partial charge in [0, 0.05) is 10.7 Å². The van der Waals surface area contributed by atoms with E-state index in [4.69, 9.17) is 21.2 Å². The second-order valence-electron chi connectivity index (χ2n) is 3.63. The summed E-state index contributed by atoms with van der Waals surface area (Å²) in [7, 11) is 1.28. The zero-order valence-electron chi connectivity index (χ0n) is 9.31. The Morgan fingerprint density at radius 3 is 2.41 bits per heavy atom. The highest BCUT2D eigenvalue weighted by Crippen LogP contribution is 2.25. The van der Waals surface area contributed by atoms with E-state index in [9.17, 15) is 13.2 Å². The SMILES string of the molecule is CC(C)Oc1ccc(S(=O)(=O)Cl)cc1C(N)=O. The highest BCUT2D eigenvalue weighted by atomic mass is 35.7. The van der Waals surface area contributed by atoms with Gasteiger partial charge >= 0.3 is 0 Å². The summed E-state index contributed by atoms with van der Waals surface area (Å²) in [5.41, 5.74) is 5.13. The normalized spacial score (nSPS) is 11.5. The number of hydrogen-bond acceptors (Lipinski definition) is 4. The Morgan fingerprint density at radius 1 is 1.41 bits per heavy atom. The fourth-order valence-electron chi connectivity index (χ4n) is 1.21. The van der Waals surface area contributed by atoms with Gasteiger partial charge in [-0.1, -0.05) is 0 Å².